The number of carboxylic acid groups (broad SMARTS) is 1. The quantitative estimate of drug-likeness (QED) is 0.905. The Bertz CT molecular complexity index is 700. The number of nitrogens with zero attached hydrogens (tertiary/aromatic N) is 2. The largest absolute Gasteiger partial charge is 0.480 e. The molecule has 2 unspecified atom stereocenters. The summed E-state index contributed by atoms with van der Waals surface area (Å²) in [7, 11) is 0. The first kappa shape index (κ1) is 13.9. The monoisotopic (exact) mass is 305 g/mol. The highest BCUT2D eigenvalue weighted by molar-refractivity contribution is 8.00. The second kappa shape index (κ2) is 5.40. The van der Waals surface area contributed by atoms with Crippen LogP contribution in [0, 0.1) is 0 Å². The number of hydrogen-bond acceptors (Lipinski definition) is 4. The number of amides is 1. The van der Waals surface area contributed by atoms with Gasteiger partial charge in [0, 0.05) is 16.7 Å². The van der Waals surface area contributed by atoms with Gasteiger partial charge in [0.15, 0.2) is 0 Å². The van der Waals surface area contributed by atoms with Crippen molar-refractivity contribution in [2.45, 2.75) is 24.8 Å². The maximum atomic E-state index is 12.7. The molecule has 110 valence electrons. The van der Waals surface area contributed by atoms with Crippen LogP contribution in [-0.2, 0) is 4.79 Å². The lowest BCUT2D eigenvalue weighted by Gasteiger charge is -2.26. The van der Waals surface area contributed by atoms with Crippen molar-refractivity contribution >= 4 is 34.5 Å². The Labute approximate surface area is 125 Å². The summed E-state index contributed by atoms with van der Waals surface area (Å²) in [4.78, 5) is 25.6. The van der Waals surface area contributed by atoms with Gasteiger partial charge in [-0.15, -0.1) is 11.8 Å². The normalized spacial score (nSPS) is 21.9. The lowest BCUT2D eigenvalue weighted by Crippen LogP contribution is -2.45. The molecule has 21 heavy (non-hydrogen) atoms. The topological polar surface area (TPSA) is 86.3 Å². The van der Waals surface area contributed by atoms with Crippen molar-refractivity contribution in [2.24, 2.45) is 0 Å². The summed E-state index contributed by atoms with van der Waals surface area (Å²) in [6.45, 7) is 1.96. The number of rotatable bonds is 3. The minimum Gasteiger partial charge on any atom is -0.480 e. The average Bonchev–Trinajstić information content (AvgIpc) is 3.11. The summed E-state index contributed by atoms with van der Waals surface area (Å²) in [5.74, 6) is -0.753. The van der Waals surface area contributed by atoms with Gasteiger partial charge in [-0.3, -0.25) is 9.89 Å². The van der Waals surface area contributed by atoms with E-state index < -0.39 is 12.0 Å². The molecule has 2 aromatic rings. The lowest BCUT2D eigenvalue weighted by molar-refractivity contribution is -0.141. The molecule has 0 bridgehead atoms. The summed E-state index contributed by atoms with van der Waals surface area (Å²) in [6, 6.07) is 4.49. The molecule has 1 saturated heterocycles. The lowest BCUT2D eigenvalue weighted by atomic mass is 10.1. The van der Waals surface area contributed by atoms with E-state index in [4.69, 9.17) is 0 Å². The van der Waals surface area contributed by atoms with E-state index in [1.165, 1.54) is 16.7 Å². The third-order valence-corrected chi connectivity index (χ3v) is 5.10. The van der Waals surface area contributed by atoms with Crippen molar-refractivity contribution in [3.05, 3.63) is 30.0 Å². The molecule has 2 heterocycles. The van der Waals surface area contributed by atoms with E-state index in [0.717, 1.165) is 17.3 Å². The van der Waals surface area contributed by atoms with Gasteiger partial charge >= 0.3 is 5.97 Å². The molecule has 1 aromatic carbocycles. The molecule has 2 atom stereocenters. The Kier molecular flexibility index (Phi) is 3.59. The van der Waals surface area contributed by atoms with Crippen molar-refractivity contribution in [1.29, 1.82) is 0 Å². The molecule has 2 N–H and O–H groups in total. The zero-order chi connectivity index (χ0) is 15.0. The molecule has 1 aliphatic rings. The first-order chi connectivity index (χ1) is 10.1. The van der Waals surface area contributed by atoms with E-state index in [0.29, 0.717) is 11.3 Å². The van der Waals surface area contributed by atoms with Gasteiger partial charge < -0.3 is 10.0 Å². The van der Waals surface area contributed by atoms with Gasteiger partial charge in [-0.05, 0) is 18.6 Å². The molecular formula is C14H15N3O3S. The molecular weight excluding hydrogens is 290 g/mol. The number of aromatic nitrogens is 2. The molecule has 0 saturated carbocycles. The minimum atomic E-state index is -0.950. The molecule has 0 radical (unpaired) electrons. The number of thioether (sulfide) groups is 1. The van der Waals surface area contributed by atoms with Crippen LogP contribution < -0.4 is 0 Å². The van der Waals surface area contributed by atoms with Crippen LogP contribution in [-0.4, -0.2) is 49.2 Å². The van der Waals surface area contributed by atoms with Crippen LogP contribution in [0.25, 0.3) is 10.9 Å². The van der Waals surface area contributed by atoms with Gasteiger partial charge in [-0.25, -0.2) is 4.79 Å². The highest BCUT2D eigenvalue weighted by Crippen LogP contribution is 2.33. The van der Waals surface area contributed by atoms with Crippen molar-refractivity contribution in [2.75, 3.05) is 5.75 Å². The fourth-order valence-electron chi connectivity index (χ4n) is 2.56. The molecule has 1 fully saturated rings. The zero-order valence-electron chi connectivity index (χ0n) is 11.4. The van der Waals surface area contributed by atoms with Crippen molar-refractivity contribution in [3.8, 4) is 0 Å². The van der Waals surface area contributed by atoms with E-state index in [1.54, 1.807) is 18.3 Å². The number of carboxylic acids is 1. The van der Waals surface area contributed by atoms with Gasteiger partial charge in [0.05, 0.1) is 17.1 Å². The highest BCUT2D eigenvalue weighted by atomic mass is 32.2. The molecule has 7 heteroatoms. The van der Waals surface area contributed by atoms with Gasteiger partial charge in [0.25, 0.3) is 5.91 Å². The standard InChI is InChI=1S/C14H15N3O3S/c1-2-12-17(11(7-21-12)14(19)20)13(18)8-3-4-9-6-15-16-10(9)5-8/h3-6,11-12H,2,7H2,1H3,(H,15,16)(H,19,20). The van der Waals surface area contributed by atoms with Crippen LogP contribution in [0.2, 0.25) is 0 Å². The minimum absolute atomic E-state index is 0.0870. The van der Waals surface area contributed by atoms with Crippen LogP contribution >= 0.6 is 11.8 Å². The molecule has 3 rings (SSSR count). The molecule has 0 spiro atoms. The van der Waals surface area contributed by atoms with E-state index in [9.17, 15) is 14.7 Å². The van der Waals surface area contributed by atoms with E-state index >= 15 is 0 Å². The second-order valence-corrected chi connectivity index (χ2v) is 6.15. The van der Waals surface area contributed by atoms with Gasteiger partial charge in [0.2, 0.25) is 0 Å². The second-order valence-electron chi connectivity index (χ2n) is 4.93. The summed E-state index contributed by atoms with van der Waals surface area (Å²) in [5.41, 5.74) is 1.26. The van der Waals surface area contributed by atoms with Crippen LogP contribution in [0.1, 0.15) is 23.7 Å². The van der Waals surface area contributed by atoms with E-state index in [2.05, 4.69) is 10.2 Å². The number of aliphatic carboxylic acids is 1. The predicted octanol–water partition coefficient (Wildman–Crippen LogP) is 1.94. The molecule has 1 aromatic heterocycles. The first-order valence-corrected chi connectivity index (χ1v) is 7.77. The first-order valence-electron chi connectivity index (χ1n) is 6.72. The zero-order valence-corrected chi connectivity index (χ0v) is 12.3. The average molecular weight is 305 g/mol. The Morgan fingerprint density at radius 2 is 2.33 bits per heavy atom. The van der Waals surface area contributed by atoms with Crippen LogP contribution in [0.5, 0.6) is 0 Å². The van der Waals surface area contributed by atoms with E-state index in [1.807, 2.05) is 13.0 Å². The number of hydrogen-bond donors (Lipinski definition) is 2. The molecule has 6 nitrogen and oxygen atoms in total. The fourth-order valence-corrected chi connectivity index (χ4v) is 3.91. The molecule has 1 aliphatic heterocycles. The number of nitrogens with one attached hydrogen (secondary N) is 1. The third-order valence-electron chi connectivity index (χ3n) is 3.65. The van der Waals surface area contributed by atoms with Crippen molar-refractivity contribution < 1.29 is 14.7 Å². The van der Waals surface area contributed by atoms with Crippen LogP contribution in [0.3, 0.4) is 0 Å². The maximum absolute atomic E-state index is 12.7. The van der Waals surface area contributed by atoms with Gasteiger partial charge in [0.1, 0.15) is 6.04 Å². The Morgan fingerprint density at radius 1 is 1.52 bits per heavy atom. The Hall–Kier alpha value is -2.02. The SMILES string of the molecule is CCC1SCC(C(=O)O)N1C(=O)c1ccc2cn[nH]c2c1. The number of carbonyl (C=O) groups excluding carboxylic acids is 1. The number of aromatic amines is 1. The van der Waals surface area contributed by atoms with Gasteiger partial charge in [-0.1, -0.05) is 13.0 Å². The summed E-state index contributed by atoms with van der Waals surface area (Å²) in [5, 5.41) is 16.9. The summed E-state index contributed by atoms with van der Waals surface area (Å²) >= 11 is 1.52. The number of fused-ring (bicyclic) bond motifs is 1. The number of benzene rings is 1. The molecule has 1 amide bonds. The third kappa shape index (κ3) is 2.37. The van der Waals surface area contributed by atoms with Crippen molar-refractivity contribution in [1.82, 2.24) is 15.1 Å². The Morgan fingerprint density at radius 3 is 3.05 bits per heavy atom. The highest BCUT2D eigenvalue weighted by Gasteiger charge is 2.41. The smallest absolute Gasteiger partial charge is 0.327 e. The summed E-state index contributed by atoms with van der Waals surface area (Å²) < 4.78 is 0. The Balaban J connectivity index is 1.96. The maximum Gasteiger partial charge on any atom is 0.327 e. The number of carbonyl (C=O) groups is 2. The van der Waals surface area contributed by atoms with Crippen molar-refractivity contribution in [3.63, 3.8) is 0 Å². The van der Waals surface area contributed by atoms with Gasteiger partial charge in [-0.2, -0.15) is 5.10 Å². The van der Waals surface area contributed by atoms with Crippen LogP contribution in [0.4, 0.5) is 0 Å². The van der Waals surface area contributed by atoms with Crippen LogP contribution in [0.15, 0.2) is 24.4 Å². The van der Waals surface area contributed by atoms with E-state index in [-0.39, 0.29) is 11.3 Å². The number of H-pyrrole nitrogens is 1. The predicted molar refractivity (Wildman–Crippen MR) is 80.2 cm³/mol. The summed E-state index contributed by atoms with van der Waals surface area (Å²) in [6.07, 6.45) is 2.41. The molecule has 0 aliphatic carbocycles. The fraction of sp³-hybridized carbons (Fsp3) is 0.357.